The van der Waals surface area contributed by atoms with Crippen LogP contribution in [0.25, 0.3) is 0 Å². The van der Waals surface area contributed by atoms with Crippen LogP contribution < -0.4 is 10.1 Å². The second-order valence-electron chi connectivity index (χ2n) is 10.7. The summed E-state index contributed by atoms with van der Waals surface area (Å²) in [6.07, 6.45) is 0.519. The molecule has 2 rings (SSSR count). The number of nitrogens with one attached hydrogen (secondary N) is 1. The third kappa shape index (κ3) is 10.0. The van der Waals surface area contributed by atoms with E-state index in [1.807, 2.05) is 6.08 Å². The fourth-order valence-electron chi connectivity index (χ4n) is 3.72. The van der Waals surface area contributed by atoms with Crippen LogP contribution in [0, 0.1) is 0 Å². The van der Waals surface area contributed by atoms with E-state index in [2.05, 4.69) is 11.9 Å². The van der Waals surface area contributed by atoms with E-state index in [1.165, 1.54) is 6.07 Å². The number of aryl methyl sites for hydroxylation is 1. The van der Waals surface area contributed by atoms with Crippen molar-refractivity contribution < 1.29 is 36.9 Å². The molecule has 6 nitrogen and oxygen atoms in total. The molecule has 204 valence electrons. The number of carbonyl (C=O) groups excluding carboxylic acids is 1. The van der Waals surface area contributed by atoms with E-state index in [9.17, 15) is 18.0 Å². The third-order valence-electron chi connectivity index (χ3n) is 5.71. The van der Waals surface area contributed by atoms with Gasteiger partial charge in [-0.05, 0) is 90.8 Å². The first-order valence-corrected chi connectivity index (χ1v) is 12.4. The molecular formula is C27H40F3NO5. The van der Waals surface area contributed by atoms with Crippen molar-refractivity contribution in [2.24, 2.45) is 0 Å². The van der Waals surface area contributed by atoms with E-state index >= 15 is 0 Å². The van der Waals surface area contributed by atoms with E-state index in [1.54, 1.807) is 40.7 Å². The Hall–Kier alpha value is -2.26. The quantitative estimate of drug-likeness (QED) is 0.259. The normalized spacial score (nSPS) is 17.3. The first-order valence-electron chi connectivity index (χ1n) is 12.4. The van der Waals surface area contributed by atoms with E-state index < -0.39 is 34.8 Å². The van der Waals surface area contributed by atoms with Gasteiger partial charge in [0.25, 0.3) is 0 Å². The summed E-state index contributed by atoms with van der Waals surface area (Å²) in [5.74, 6) is -1.00. The summed E-state index contributed by atoms with van der Waals surface area (Å²) in [5.41, 5.74) is -1.99. The molecule has 1 fully saturated rings. The number of allylic oxidation sites excluding steroid dienone is 1. The minimum absolute atomic E-state index is 0.137. The molecule has 1 aliphatic rings. The van der Waals surface area contributed by atoms with Crippen molar-refractivity contribution in [3.05, 3.63) is 42.0 Å². The van der Waals surface area contributed by atoms with E-state index in [0.717, 1.165) is 25.3 Å². The van der Waals surface area contributed by atoms with Gasteiger partial charge in [-0.3, -0.25) is 0 Å². The molecule has 1 saturated heterocycles. The maximum atomic E-state index is 13.8. The first-order chi connectivity index (χ1) is 16.6. The van der Waals surface area contributed by atoms with E-state index in [4.69, 9.17) is 18.9 Å². The standard InChI is InChI=1S/C27H40F3NO5/c1-7-8-9-10-11-16-33-22-13-12-20(17-21(22)27(28,29)30)14-15-26(18-34-25(5,6)35-19-26)31-23(32)36-24(2,3)4/h7,12-13,17H,1,8-11,14-16,18-19H2,2-6H3,(H,31,32). The molecule has 1 aliphatic heterocycles. The predicted molar refractivity (Wildman–Crippen MR) is 132 cm³/mol. The molecule has 0 aromatic heterocycles. The maximum Gasteiger partial charge on any atom is 0.419 e. The van der Waals surface area contributed by atoms with Crippen LogP contribution in [0.4, 0.5) is 18.0 Å². The van der Waals surface area contributed by atoms with Crippen LogP contribution in [0.3, 0.4) is 0 Å². The average Bonchev–Trinajstić information content (AvgIpc) is 2.75. The van der Waals surface area contributed by atoms with Gasteiger partial charge < -0.3 is 24.3 Å². The van der Waals surface area contributed by atoms with Crippen LogP contribution in [0.15, 0.2) is 30.9 Å². The molecule has 0 atom stereocenters. The number of benzene rings is 1. The minimum Gasteiger partial charge on any atom is -0.493 e. The highest BCUT2D eigenvalue weighted by atomic mass is 19.4. The number of hydrogen-bond donors (Lipinski definition) is 1. The zero-order valence-corrected chi connectivity index (χ0v) is 22.1. The van der Waals surface area contributed by atoms with Gasteiger partial charge >= 0.3 is 12.3 Å². The zero-order valence-electron chi connectivity index (χ0n) is 22.1. The molecule has 9 heteroatoms. The number of hydrogen-bond acceptors (Lipinski definition) is 5. The van der Waals surface area contributed by atoms with Crippen molar-refractivity contribution in [3.63, 3.8) is 0 Å². The zero-order chi connectivity index (χ0) is 27.0. The van der Waals surface area contributed by atoms with Crippen LogP contribution >= 0.6 is 0 Å². The van der Waals surface area contributed by atoms with Gasteiger partial charge in [-0.2, -0.15) is 13.2 Å². The van der Waals surface area contributed by atoms with Crippen LogP contribution in [0.2, 0.25) is 0 Å². The Morgan fingerprint density at radius 2 is 1.81 bits per heavy atom. The second kappa shape index (κ2) is 12.3. The molecule has 0 bridgehead atoms. The number of unbranched alkanes of at least 4 members (excludes halogenated alkanes) is 3. The van der Waals surface area contributed by atoms with Crippen molar-refractivity contribution in [1.29, 1.82) is 0 Å². The Morgan fingerprint density at radius 1 is 1.14 bits per heavy atom. The van der Waals surface area contributed by atoms with E-state index in [-0.39, 0.29) is 32.0 Å². The molecule has 0 radical (unpaired) electrons. The molecule has 0 saturated carbocycles. The van der Waals surface area contributed by atoms with Gasteiger partial charge in [0.1, 0.15) is 11.4 Å². The molecular weight excluding hydrogens is 475 g/mol. The molecule has 1 amide bonds. The van der Waals surface area contributed by atoms with Gasteiger partial charge in [-0.15, -0.1) is 6.58 Å². The smallest absolute Gasteiger partial charge is 0.419 e. The number of halogens is 3. The topological polar surface area (TPSA) is 66.0 Å². The Balaban J connectivity index is 2.12. The molecule has 1 N–H and O–H groups in total. The summed E-state index contributed by atoms with van der Waals surface area (Å²) < 4.78 is 63.8. The largest absolute Gasteiger partial charge is 0.493 e. The van der Waals surface area contributed by atoms with Gasteiger partial charge in [0.05, 0.1) is 30.9 Å². The van der Waals surface area contributed by atoms with Crippen LogP contribution in [0.1, 0.15) is 77.8 Å². The summed E-state index contributed by atoms with van der Waals surface area (Å²) in [6, 6.07) is 4.10. The number of amides is 1. The molecule has 0 spiro atoms. The minimum atomic E-state index is -4.55. The predicted octanol–water partition coefficient (Wildman–Crippen LogP) is 6.81. The number of alkyl carbamates (subject to hydrolysis) is 1. The lowest BCUT2D eigenvalue weighted by molar-refractivity contribution is -0.271. The number of alkyl halides is 3. The van der Waals surface area contributed by atoms with Crippen molar-refractivity contribution in [2.45, 2.75) is 96.2 Å². The Morgan fingerprint density at radius 3 is 2.39 bits per heavy atom. The molecule has 0 unspecified atom stereocenters. The third-order valence-corrected chi connectivity index (χ3v) is 5.71. The van der Waals surface area contributed by atoms with E-state index in [0.29, 0.717) is 18.4 Å². The van der Waals surface area contributed by atoms with Crippen molar-refractivity contribution in [2.75, 3.05) is 19.8 Å². The van der Waals surface area contributed by atoms with Gasteiger partial charge in [0.2, 0.25) is 0 Å². The number of ether oxygens (including phenoxy) is 4. The van der Waals surface area contributed by atoms with Crippen molar-refractivity contribution >= 4 is 6.09 Å². The maximum absolute atomic E-state index is 13.8. The van der Waals surface area contributed by atoms with Crippen molar-refractivity contribution in [3.8, 4) is 5.75 Å². The molecule has 1 heterocycles. The van der Waals surface area contributed by atoms with Crippen molar-refractivity contribution in [1.82, 2.24) is 5.32 Å². The highest BCUT2D eigenvalue weighted by Crippen LogP contribution is 2.37. The Labute approximate surface area is 212 Å². The van der Waals surface area contributed by atoms with Crippen LogP contribution in [-0.2, 0) is 26.8 Å². The lowest BCUT2D eigenvalue weighted by Gasteiger charge is -2.44. The van der Waals surface area contributed by atoms with Gasteiger partial charge in [-0.25, -0.2) is 4.79 Å². The van der Waals surface area contributed by atoms with Gasteiger partial charge in [-0.1, -0.05) is 12.1 Å². The Bertz CT molecular complexity index is 867. The first kappa shape index (κ1) is 30.0. The highest BCUT2D eigenvalue weighted by Gasteiger charge is 2.42. The lowest BCUT2D eigenvalue weighted by atomic mass is 9.91. The Kier molecular flexibility index (Phi) is 10.3. The summed E-state index contributed by atoms with van der Waals surface area (Å²) in [6.45, 7) is 12.9. The molecule has 1 aromatic carbocycles. The number of rotatable bonds is 11. The molecule has 1 aromatic rings. The van der Waals surface area contributed by atoms with Gasteiger partial charge in [0.15, 0.2) is 5.79 Å². The fourth-order valence-corrected chi connectivity index (χ4v) is 3.72. The number of carbonyl (C=O) groups is 1. The lowest BCUT2D eigenvalue weighted by Crippen LogP contribution is -2.61. The molecule has 36 heavy (non-hydrogen) atoms. The fraction of sp³-hybridized carbons (Fsp3) is 0.667. The van der Waals surface area contributed by atoms with Crippen LogP contribution in [0.5, 0.6) is 5.75 Å². The summed E-state index contributed by atoms with van der Waals surface area (Å²) in [5, 5.41) is 2.84. The molecule has 0 aliphatic carbocycles. The monoisotopic (exact) mass is 515 g/mol. The summed E-state index contributed by atoms with van der Waals surface area (Å²) in [4.78, 5) is 12.5. The second-order valence-corrected chi connectivity index (χ2v) is 10.7. The summed E-state index contributed by atoms with van der Waals surface area (Å²) >= 11 is 0. The SMILES string of the molecule is C=CCCCCCOc1ccc(CCC2(NC(=O)OC(C)(C)C)COC(C)(C)OC2)cc1C(F)(F)F. The van der Waals surface area contributed by atoms with Crippen LogP contribution in [-0.4, -0.2) is 42.8 Å². The average molecular weight is 516 g/mol. The highest BCUT2D eigenvalue weighted by molar-refractivity contribution is 5.69. The summed E-state index contributed by atoms with van der Waals surface area (Å²) in [7, 11) is 0. The van der Waals surface area contributed by atoms with Gasteiger partial charge in [0, 0.05) is 0 Å².